The number of hydrogen-bond acceptors (Lipinski definition) is 8. The van der Waals surface area contributed by atoms with E-state index in [1.807, 2.05) is 18.2 Å². The number of ether oxygens (including phenoxy) is 3. The number of rotatable bonds is 7. The van der Waals surface area contributed by atoms with Crippen LogP contribution in [0.2, 0.25) is 0 Å². The third-order valence-electron chi connectivity index (χ3n) is 6.18. The molecule has 0 N–H and O–H groups in total. The maximum absolute atomic E-state index is 13.8. The molecule has 3 aromatic rings. The lowest BCUT2D eigenvalue weighted by Crippen LogP contribution is -2.40. The molecule has 1 aliphatic heterocycles. The Labute approximate surface area is 224 Å². The van der Waals surface area contributed by atoms with Gasteiger partial charge in [0.2, 0.25) is 0 Å². The van der Waals surface area contributed by atoms with Gasteiger partial charge in [0.25, 0.3) is 5.56 Å². The van der Waals surface area contributed by atoms with Crippen molar-refractivity contribution < 1.29 is 23.8 Å². The maximum Gasteiger partial charge on any atom is 0.338 e. The number of benzene rings is 2. The Morgan fingerprint density at radius 3 is 2.45 bits per heavy atom. The molecule has 1 aliphatic rings. The van der Waals surface area contributed by atoms with Crippen LogP contribution in [0.25, 0.3) is 6.08 Å². The molecule has 1 aromatic heterocycles. The molecular formula is C29H30N2O6S. The van der Waals surface area contributed by atoms with Gasteiger partial charge in [-0.25, -0.2) is 9.79 Å². The quantitative estimate of drug-likeness (QED) is 0.338. The highest BCUT2D eigenvalue weighted by molar-refractivity contribution is 7.07. The minimum absolute atomic E-state index is 0.174. The Balaban J connectivity index is 1.91. The van der Waals surface area contributed by atoms with E-state index in [9.17, 15) is 14.4 Å². The van der Waals surface area contributed by atoms with Crippen molar-refractivity contribution >= 4 is 29.4 Å². The SMILES string of the molecule is CCOC(=O)C1=C(C)N=c2sc(=Cc3ccc(C(C)C)cc3)c(=O)n2C1c1ccc(OC(C)=O)c(OC)c1. The number of aromatic nitrogens is 1. The fourth-order valence-electron chi connectivity index (χ4n) is 4.33. The number of methoxy groups -OCH3 is 1. The van der Waals surface area contributed by atoms with Crippen LogP contribution in [-0.2, 0) is 14.3 Å². The van der Waals surface area contributed by atoms with Crippen LogP contribution in [0.5, 0.6) is 11.5 Å². The molecule has 2 heterocycles. The van der Waals surface area contributed by atoms with E-state index in [1.165, 1.54) is 35.5 Å². The van der Waals surface area contributed by atoms with E-state index >= 15 is 0 Å². The first-order valence-corrected chi connectivity index (χ1v) is 13.1. The van der Waals surface area contributed by atoms with E-state index in [4.69, 9.17) is 14.2 Å². The summed E-state index contributed by atoms with van der Waals surface area (Å²) in [4.78, 5) is 43.5. The van der Waals surface area contributed by atoms with Crippen molar-refractivity contribution in [2.75, 3.05) is 13.7 Å². The van der Waals surface area contributed by atoms with Gasteiger partial charge in [-0.15, -0.1) is 0 Å². The number of carbonyl (C=O) groups is 2. The summed E-state index contributed by atoms with van der Waals surface area (Å²) in [5.74, 6) is -0.112. The number of carbonyl (C=O) groups excluding carboxylic acids is 2. The molecule has 0 aliphatic carbocycles. The smallest absolute Gasteiger partial charge is 0.338 e. The second-order valence-electron chi connectivity index (χ2n) is 9.13. The first-order chi connectivity index (χ1) is 18.1. The lowest BCUT2D eigenvalue weighted by atomic mass is 9.95. The average Bonchev–Trinajstić information content (AvgIpc) is 3.17. The topological polar surface area (TPSA) is 96.2 Å². The summed E-state index contributed by atoms with van der Waals surface area (Å²) in [6.07, 6.45) is 1.83. The van der Waals surface area contributed by atoms with Crippen LogP contribution >= 0.6 is 11.3 Å². The highest BCUT2D eigenvalue weighted by Gasteiger charge is 2.34. The Morgan fingerprint density at radius 2 is 1.84 bits per heavy atom. The molecule has 0 saturated heterocycles. The van der Waals surface area contributed by atoms with Crippen LogP contribution in [0, 0.1) is 0 Å². The minimum atomic E-state index is -0.809. The van der Waals surface area contributed by atoms with Crippen molar-refractivity contribution in [3.05, 3.63) is 90.1 Å². The summed E-state index contributed by atoms with van der Waals surface area (Å²) >= 11 is 1.26. The molecule has 0 spiro atoms. The Morgan fingerprint density at radius 1 is 1.13 bits per heavy atom. The predicted octanol–water partition coefficient (Wildman–Crippen LogP) is 3.86. The Hall–Kier alpha value is -3.98. The van der Waals surface area contributed by atoms with E-state index in [-0.39, 0.29) is 23.5 Å². The van der Waals surface area contributed by atoms with Gasteiger partial charge in [-0.05, 0) is 54.7 Å². The Bertz CT molecular complexity index is 1600. The number of hydrogen-bond donors (Lipinski definition) is 0. The third-order valence-corrected chi connectivity index (χ3v) is 7.16. The zero-order valence-corrected chi connectivity index (χ0v) is 23.0. The average molecular weight is 535 g/mol. The van der Waals surface area contributed by atoms with Gasteiger partial charge in [-0.3, -0.25) is 14.2 Å². The van der Waals surface area contributed by atoms with Crippen LogP contribution in [-0.4, -0.2) is 30.2 Å². The molecule has 2 aromatic carbocycles. The van der Waals surface area contributed by atoms with Crippen LogP contribution in [0.1, 0.15) is 63.3 Å². The van der Waals surface area contributed by atoms with Crippen LogP contribution in [0.4, 0.5) is 0 Å². The molecule has 0 amide bonds. The van der Waals surface area contributed by atoms with E-state index in [2.05, 4.69) is 31.0 Å². The summed E-state index contributed by atoms with van der Waals surface area (Å²) < 4.78 is 18.0. The maximum atomic E-state index is 13.8. The van der Waals surface area contributed by atoms with Gasteiger partial charge in [0.1, 0.15) is 0 Å². The first kappa shape index (κ1) is 27.1. The molecule has 38 heavy (non-hydrogen) atoms. The number of esters is 2. The van der Waals surface area contributed by atoms with Crippen molar-refractivity contribution in [3.63, 3.8) is 0 Å². The number of fused-ring (bicyclic) bond motifs is 1. The normalized spacial score (nSPS) is 15.2. The second kappa shape index (κ2) is 11.2. The van der Waals surface area contributed by atoms with Gasteiger partial charge in [0.15, 0.2) is 16.3 Å². The molecule has 0 bridgehead atoms. The van der Waals surface area contributed by atoms with Gasteiger partial charge >= 0.3 is 11.9 Å². The van der Waals surface area contributed by atoms with Crippen molar-refractivity contribution in [1.29, 1.82) is 0 Å². The monoisotopic (exact) mass is 534 g/mol. The standard InChI is InChI=1S/C29H30N2O6S/c1-7-36-28(34)25-17(4)30-29-31(26(25)21-12-13-22(37-18(5)32)23(15-21)35-6)27(33)24(38-29)14-19-8-10-20(11-9-19)16(2)3/h8-16,26H,7H2,1-6H3. The first-order valence-electron chi connectivity index (χ1n) is 12.3. The van der Waals surface area contributed by atoms with Crippen molar-refractivity contribution in [1.82, 2.24) is 4.57 Å². The van der Waals surface area contributed by atoms with Gasteiger partial charge in [0.05, 0.1) is 35.6 Å². The fourth-order valence-corrected chi connectivity index (χ4v) is 5.38. The molecule has 0 fully saturated rings. The van der Waals surface area contributed by atoms with E-state index in [0.717, 1.165) is 5.56 Å². The largest absolute Gasteiger partial charge is 0.493 e. The van der Waals surface area contributed by atoms with Gasteiger partial charge in [0, 0.05) is 6.92 Å². The second-order valence-corrected chi connectivity index (χ2v) is 10.1. The summed E-state index contributed by atoms with van der Waals surface area (Å²) in [6, 6.07) is 12.2. The molecule has 0 saturated carbocycles. The summed E-state index contributed by atoms with van der Waals surface area (Å²) in [7, 11) is 1.45. The zero-order chi connectivity index (χ0) is 27.6. The van der Waals surface area contributed by atoms with Gasteiger partial charge in [-0.2, -0.15) is 0 Å². The van der Waals surface area contributed by atoms with Crippen molar-refractivity contribution in [2.45, 2.75) is 46.6 Å². The summed E-state index contributed by atoms with van der Waals surface area (Å²) in [5, 5.41) is 0. The molecule has 1 unspecified atom stereocenters. The molecular weight excluding hydrogens is 504 g/mol. The minimum Gasteiger partial charge on any atom is -0.493 e. The highest BCUT2D eigenvalue weighted by atomic mass is 32.1. The molecule has 0 radical (unpaired) electrons. The van der Waals surface area contributed by atoms with Crippen LogP contribution < -0.4 is 24.4 Å². The Kier molecular flexibility index (Phi) is 7.97. The zero-order valence-electron chi connectivity index (χ0n) is 22.2. The molecule has 4 rings (SSSR count). The summed E-state index contributed by atoms with van der Waals surface area (Å²) in [6.45, 7) is 9.18. The van der Waals surface area contributed by atoms with Crippen LogP contribution in [0.3, 0.4) is 0 Å². The van der Waals surface area contributed by atoms with Gasteiger partial charge in [-0.1, -0.05) is 55.5 Å². The van der Waals surface area contributed by atoms with E-state index < -0.39 is 18.0 Å². The number of allylic oxidation sites excluding steroid dienone is 1. The number of thiazole rings is 1. The molecule has 198 valence electrons. The number of nitrogens with zero attached hydrogens (tertiary/aromatic N) is 2. The lowest BCUT2D eigenvalue weighted by Gasteiger charge is -2.25. The third kappa shape index (κ3) is 5.33. The van der Waals surface area contributed by atoms with E-state index in [1.54, 1.807) is 32.0 Å². The van der Waals surface area contributed by atoms with E-state index in [0.29, 0.717) is 32.3 Å². The summed E-state index contributed by atoms with van der Waals surface area (Å²) in [5.41, 5.74) is 3.14. The van der Waals surface area contributed by atoms with Gasteiger partial charge < -0.3 is 14.2 Å². The fraction of sp³-hybridized carbons (Fsp3) is 0.310. The van der Waals surface area contributed by atoms with Crippen LogP contribution in [0.15, 0.2) is 63.5 Å². The molecule has 8 nitrogen and oxygen atoms in total. The highest BCUT2D eigenvalue weighted by Crippen LogP contribution is 2.36. The van der Waals surface area contributed by atoms with Crippen molar-refractivity contribution in [3.8, 4) is 11.5 Å². The van der Waals surface area contributed by atoms with Crippen molar-refractivity contribution in [2.24, 2.45) is 4.99 Å². The molecule has 9 heteroatoms. The molecule has 1 atom stereocenters. The lowest BCUT2D eigenvalue weighted by molar-refractivity contribution is -0.139. The predicted molar refractivity (Wildman–Crippen MR) is 145 cm³/mol.